The number of esters is 1. The molecule has 0 saturated carbocycles. The normalized spacial score (nSPS) is 24.9. The molecular weight excluding hydrogens is 344 g/mol. The van der Waals surface area contributed by atoms with Crippen molar-refractivity contribution < 1.29 is 23.7 Å². The lowest BCUT2D eigenvalue weighted by Gasteiger charge is -2.15. The fourth-order valence-electron chi connectivity index (χ4n) is 2.80. The van der Waals surface area contributed by atoms with Crippen LogP contribution in [0.25, 0.3) is 0 Å². The molecule has 150 valence electrons. The standard InChI is InChI=1S/C22H32O5/c1-9-20-22(5,27-20)14-17(4)16(3)11-10-15(2)12-18(24-6)19(25-7)13-21(23)26-8/h9-13,17,20H,1,14H2,2-8H3/b15-10-,16-11+,18-12+,19-13+/t17?,20-,22+/m0/s1. The number of allylic oxidation sites excluding steroid dienone is 5. The fraction of sp³-hybridized carbons (Fsp3) is 0.500. The van der Waals surface area contributed by atoms with Crippen molar-refractivity contribution in [3.63, 3.8) is 0 Å². The van der Waals surface area contributed by atoms with Crippen molar-refractivity contribution in [2.75, 3.05) is 21.3 Å². The number of carbonyl (C=O) groups is 1. The zero-order valence-corrected chi connectivity index (χ0v) is 17.5. The van der Waals surface area contributed by atoms with E-state index in [0.717, 1.165) is 12.0 Å². The van der Waals surface area contributed by atoms with Gasteiger partial charge in [0, 0.05) is 0 Å². The second-order valence-electron chi connectivity index (χ2n) is 6.96. The zero-order valence-electron chi connectivity index (χ0n) is 17.5. The van der Waals surface area contributed by atoms with Crippen LogP contribution in [0.2, 0.25) is 0 Å². The molecule has 1 aliphatic rings. The van der Waals surface area contributed by atoms with E-state index < -0.39 is 5.97 Å². The van der Waals surface area contributed by atoms with Gasteiger partial charge in [0.05, 0.1) is 33.0 Å². The average molecular weight is 376 g/mol. The lowest BCUT2D eigenvalue weighted by molar-refractivity contribution is -0.135. The van der Waals surface area contributed by atoms with Crippen molar-refractivity contribution in [3.05, 3.63) is 59.6 Å². The maximum absolute atomic E-state index is 11.4. The van der Waals surface area contributed by atoms with E-state index in [1.54, 1.807) is 0 Å². The van der Waals surface area contributed by atoms with Crippen molar-refractivity contribution in [2.24, 2.45) is 5.92 Å². The second-order valence-corrected chi connectivity index (χ2v) is 6.96. The van der Waals surface area contributed by atoms with Crippen LogP contribution in [-0.2, 0) is 23.7 Å². The van der Waals surface area contributed by atoms with Crippen LogP contribution in [0.5, 0.6) is 0 Å². The summed E-state index contributed by atoms with van der Waals surface area (Å²) in [6.07, 6.45) is 10.1. The Hall–Kier alpha value is -2.27. The number of rotatable bonds is 10. The number of hydrogen-bond acceptors (Lipinski definition) is 5. The molecule has 1 aliphatic heterocycles. The first-order valence-electron chi connectivity index (χ1n) is 8.95. The molecule has 1 rings (SSSR count). The smallest absolute Gasteiger partial charge is 0.334 e. The highest BCUT2D eigenvalue weighted by molar-refractivity contribution is 5.83. The lowest BCUT2D eigenvalue weighted by Crippen LogP contribution is -2.14. The maximum atomic E-state index is 11.4. The minimum Gasteiger partial charge on any atom is -0.493 e. The molecule has 0 spiro atoms. The van der Waals surface area contributed by atoms with E-state index in [1.165, 1.54) is 33.0 Å². The number of methoxy groups -OCH3 is 3. The molecular formula is C22H32O5. The Morgan fingerprint density at radius 2 is 1.70 bits per heavy atom. The number of carbonyl (C=O) groups excluding carboxylic acids is 1. The van der Waals surface area contributed by atoms with Gasteiger partial charge in [-0.25, -0.2) is 4.79 Å². The molecule has 27 heavy (non-hydrogen) atoms. The van der Waals surface area contributed by atoms with Gasteiger partial charge in [-0.2, -0.15) is 0 Å². The highest BCUT2D eigenvalue weighted by Gasteiger charge is 2.50. The predicted molar refractivity (Wildman–Crippen MR) is 107 cm³/mol. The van der Waals surface area contributed by atoms with E-state index in [-0.39, 0.29) is 11.7 Å². The molecule has 0 aliphatic carbocycles. The molecule has 0 aromatic heterocycles. The van der Waals surface area contributed by atoms with Gasteiger partial charge in [0.25, 0.3) is 0 Å². The second kappa shape index (κ2) is 10.2. The summed E-state index contributed by atoms with van der Waals surface area (Å²) in [5.41, 5.74) is 2.13. The Labute approximate surface area is 163 Å². The Balaban J connectivity index is 2.87. The van der Waals surface area contributed by atoms with E-state index >= 15 is 0 Å². The third-order valence-electron chi connectivity index (χ3n) is 4.74. The van der Waals surface area contributed by atoms with Crippen molar-refractivity contribution in [1.82, 2.24) is 0 Å². The number of epoxide rings is 1. The highest BCUT2D eigenvalue weighted by atomic mass is 16.6. The first-order valence-corrected chi connectivity index (χ1v) is 8.95. The van der Waals surface area contributed by atoms with E-state index in [0.29, 0.717) is 17.4 Å². The van der Waals surface area contributed by atoms with Crippen LogP contribution in [-0.4, -0.2) is 39.0 Å². The van der Waals surface area contributed by atoms with Crippen molar-refractivity contribution >= 4 is 5.97 Å². The Kier molecular flexibility index (Phi) is 8.57. The van der Waals surface area contributed by atoms with Gasteiger partial charge in [-0.15, -0.1) is 6.58 Å². The van der Waals surface area contributed by atoms with E-state index in [9.17, 15) is 4.79 Å². The zero-order chi connectivity index (χ0) is 20.6. The quantitative estimate of drug-likeness (QED) is 0.140. The molecule has 1 saturated heterocycles. The Morgan fingerprint density at radius 3 is 2.19 bits per heavy atom. The van der Waals surface area contributed by atoms with Crippen LogP contribution in [0.1, 0.15) is 34.1 Å². The molecule has 5 nitrogen and oxygen atoms in total. The molecule has 3 atom stereocenters. The van der Waals surface area contributed by atoms with Crippen LogP contribution < -0.4 is 0 Å². The third-order valence-corrected chi connectivity index (χ3v) is 4.74. The molecule has 1 heterocycles. The summed E-state index contributed by atoms with van der Waals surface area (Å²) in [5, 5.41) is 0. The van der Waals surface area contributed by atoms with Gasteiger partial charge in [-0.05, 0) is 44.8 Å². The number of hydrogen-bond donors (Lipinski definition) is 0. The summed E-state index contributed by atoms with van der Waals surface area (Å²) >= 11 is 0. The first-order chi connectivity index (χ1) is 12.7. The van der Waals surface area contributed by atoms with E-state index in [4.69, 9.17) is 14.2 Å². The van der Waals surface area contributed by atoms with Gasteiger partial charge < -0.3 is 18.9 Å². The number of ether oxygens (including phenoxy) is 4. The van der Waals surface area contributed by atoms with Crippen LogP contribution in [0.4, 0.5) is 0 Å². The summed E-state index contributed by atoms with van der Waals surface area (Å²) in [4.78, 5) is 11.4. The molecule has 1 fully saturated rings. The third kappa shape index (κ3) is 6.75. The monoisotopic (exact) mass is 376 g/mol. The maximum Gasteiger partial charge on any atom is 0.334 e. The van der Waals surface area contributed by atoms with Gasteiger partial charge >= 0.3 is 5.97 Å². The van der Waals surface area contributed by atoms with E-state index in [1.807, 2.05) is 25.2 Å². The molecule has 1 unspecified atom stereocenters. The van der Waals surface area contributed by atoms with Crippen LogP contribution in [0.3, 0.4) is 0 Å². The summed E-state index contributed by atoms with van der Waals surface area (Å²) in [7, 11) is 4.31. The van der Waals surface area contributed by atoms with Crippen molar-refractivity contribution in [2.45, 2.75) is 45.8 Å². The summed E-state index contributed by atoms with van der Waals surface area (Å²) in [5.74, 6) is 0.641. The minimum atomic E-state index is -0.505. The largest absolute Gasteiger partial charge is 0.493 e. The van der Waals surface area contributed by atoms with Crippen molar-refractivity contribution in [1.29, 1.82) is 0 Å². The molecule has 0 N–H and O–H groups in total. The van der Waals surface area contributed by atoms with Crippen LogP contribution >= 0.6 is 0 Å². The SMILES string of the molecule is C=C[C@@H]1O[C@]1(C)CC(C)/C(C)=C/C=C(C)\C=C(OC)/C(=C\C(=O)OC)OC. The summed E-state index contributed by atoms with van der Waals surface area (Å²) in [6, 6.07) is 0. The minimum absolute atomic E-state index is 0.0931. The molecule has 0 aromatic rings. The molecule has 5 heteroatoms. The lowest BCUT2D eigenvalue weighted by atomic mass is 9.89. The fourth-order valence-corrected chi connectivity index (χ4v) is 2.80. The molecule has 0 amide bonds. The van der Waals surface area contributed by atoms with Gasteiger partial charge in [0.1, 0.15) is 6.10 Å². The van der Waals surface area contributed by atoms with Crippen molar-refractivity contribution in [3.8, 4) is 0 Å². The predicted octanol–water partition coefficient (Wildman–Crippen LogP) is 4.48. The van der Waals surface area contributed by atoms with Gasteiger partial charge in [-0.3, -0.25) is 0 Å². The molecule has 0 aromatic carbocycles. The van der Waals surface area contributed by atoms with Gasteiger partial charge in [0.15, 0.2) is 11.5 Å². The summed E-state index contributed by atoms with van der Waals surface area (Å²) in [6.45, 7) is 12.2. The average Bonchev–Trinajstić information content (AvgIpc) is 3.31. The van der Waals surface area contributed by atoms with Gasteiger partial charge in [0.2, 0.25) is 0 Å². The topological polar surface area (TPSA) is 57.3 Å². The highest BCUT2D eigenvalue weighted by Crippen LogP contribution is 2.43. The van der Waals surface area contributed by atoms with Gasteiger partial charge in [-0.1, -0.05) is 30.7 Å². The summed E-state index contributed by atoms with van der Waals surface area (Å²) < 4.78 is 20.9. The van der Waals surface area contributed by atoms with Crippen LogP contribution in [0, 0.1) is 5.92 Å². The molecule has 0 radical (unpaired) electrons. The Bertz CT molecular complexity index is 668. The molecule has 0 bridgehead atoms. The van der Waals surface area contributed by atoms with E-state index in [2.05, 4.69) is 38.2 Å². The Morgan fingerprint density at radius 1 is 1.11 bits per heavy atom. The first kappa shape index (κ1) is 22.8. The van der Waals surface area contributed by atoms with Crippen LogP contribution in [0.15, 0.2) is 59.6 Å².